The zero-order chi connectivity index (χ0) is 19.6. The van der Waals surface area contributed by atoms with Gasteiger partial charge in [0.05, 0.1) is 19.8 Å². The average molecular weight is 377 g/mol. The molecule has 27 heavy (non-hydrogen) atoms. The van der Waals surface area contributed by atoms with Crippen molar-refractivity contribution in [3.8, 4) is 11.5 Å². The van der Waals surface area contributed by atoms with Gasteiger partial charge >= 0.3 is 0 Å². The van der Waals surface area contributed by atoms with E-state index in [0.717, 1.165) is 17.9 Å². The Morgan fingerprint density at radius 2 is 2.11 bits per heavy atom. The van der Waals surface area contributed by atoms with Crippen molar-refractivity contribution in [1.82, 2.24) is 4.90 Å². The van der Waals surface area contributed by atoms with Crippen molar-refractivity contribution in [3.63, 3.8) is 0 Å². The highest BCUT2D eigenvalue weighted by atomic mass is 16.5. The SMILES string of the molecule is COc1ccc(C2CN(C(=O)CO)C[C@]2(C)[C@@H](C)O)cc1OCCC1CC1. The molecular weight excluding hydrogens is 346 g/mol. The minimum Gasteiger partial charge on any atom is -0.493 e. The predicted octanol–water partition coefficient (Wildman–Crippen LogP) is 2.18. The third-order valence-electron chi connectivity index (χ3n) is 6.24. The lowest BCUT2D eigenvalue weighted by Crippen LogP contribution is -2.38. The van der Waals surface area contributed by atoms with Gasteiger partial charge in [0.2, 0.25) is 5.91 Å². The number of methoxy groups -OCH3 is 1. The smallest absolute Gasteiger partial charge is 0.248 e. The molecule has 0 aromatic heterocycles. The van der Waals surface area contributed by atoms with Crippen LogP contribution in [0.2, 0.25) is 0 Å². The summed E-state index contributed by atoms with van der Waals surface area (Å²) >= 11 is 0. The van der Waals surface area contributed by atoms with E-state index < -0.39 is 18.1 Å². The van der Waals surface area contributed by atoms with Crippen molar-refractivity contribution in [2.75, 3.05) is 33.4 Å². The minimum atomic E-state index is -0.597. The number of hydrogen-bond donors (Lipinski definition) is 2. The summed E-state index contributed by atoms with van der Waals surface area (Å²) in [5.74, 6) is 1.83. The predicted molar refractivity (Wildman–Crippen MR) is 102 cm³/mol. The molecule has 1 aromatic rings. The van der Waals surface area contributed by atoms with Crippen LogP contribution in [0.4, 0.5) is 0 Å². The molecule has 1 aliphatic carbocycles. The Labute approximate surface area is 161 Å². The number of rotatable bonds is 8. The van der Waals surface area contributed by atoms with Gasteiger partial charge in [-0.1, -0.05) is 25.8 Å². The lowest BCUT2D eigenvalue weighted by Gasteiger charge is -2.33. The molecule has 3 rings (SSSR count). The number of likely N-dealkylation sites (tertiary alicyclic amines) is 1. The zero-order valence-corrected chi connectivity index (χ0v) is 16.5. The van der Waals surface area contributed by atoms with Crippen molar-refractivity contribution in [1.29, 1.82) is 0 Å². The van der Waals surface area contributed by atoms with Crippen LogP contribution < -0.4 is 9.47 Å². The third kappa shape index (κ3) is 4.22. The molecular formula is C21H31NO5. The molecule has 1 saturated heterocycles. The molecule has 0 spiro atoms. The number of nitrogens with zero attached hydrogens (tertiary/aromatic N) is 1. The number of aliphatic hydroxyl groups excluding tert-OH is 2. The Balaban J connectivity index is 1.84. The number of ether oxygens (including phenoxy) is 2. The zero-order valence-electron chi connectivity index (χ0n) is 16.5. The van der Waals surface area contributed by atoms with Crippen molar-refractivity contribution in [2.24, 2.45) is 11.3 Å². The van der Waals surface area contributed by atoms with Crippen LogP contribution in [0.5, 0.6) is 11.5 Å². The lowest BCUT2D eigenvalue weighted by molar-refractivity contribution is -0.133. The second kappa shape index (κ2) is 8.07. The molecule has 1 saturated carbocycles. The summed E-state index contributed by atoms with van der Waals surface area (Å²) in [6, 6.07) is 5.84. The summed E-state index contributed by atoms with van der Waals surface area (Å²) in [4.78, 5) is 13.7. The fourth-order valence-corrected chi connectivity index (χ4v) is 3.98. The van der Waals surface area contributed by atoms with Gasteiger partial charge in [-0.05, 0) is 37.0 Å². The molecule has 3 atom stereocenters. The monoisotopic (exact) mass is 377 g/mol. The number of hydrogen-bond acceptors (Lipinski definition) is 5. The van der Waals surface area contributed by atoms with Crippen molar-refractivity contribution in [2.45, 2.75) is 45.1 Å². The first kappa shape index (κ1) is 20.0. The Morgan fingerprint density at radius 1 is 1.37 bits per heavy atom. The van der Waals surface area contributed by atoms with E-state index in [2.05, 4.69) is 0 Å². The van der Waals surface area contributed by atoms with E-state index in [1.54, 1.807) is 18.9 Å². The van der Waals surface area contributed by atoms with Gasteiger partial charge in [-0.15, -0.1) is 0 Å². The van der Waals surface area contributed by atoms with Crippen LogP contribution in [0, 0.1) is 11.3 Å². The molecule has 1 unspecified atom stereocenters. The number of benzene rings is 1. The summed E-state index contributed by atoms with van der Waals surface area (Å²) < 4.78 is 11.4. The maximum atomic E-state index is 12.0. The summed E-state index contributed by atoms with van der Waals surface area (Å²) in [5.41, 5.74) is 0.513. The Kier molecular flexibility index (Phi) is 5.96. The second-order valence-corrected chi connectivity index (χ2v) is 8.16. The molecule has 2 N–H and O–H groups in total. The van der Waals surface area contributed by atoms with E-state index in [4.69, 9.17) is 9.47 Å². The Morgan fingerprint density at radius 3 is 2.70 bits per heavy atom. The number of carbonyl (C=O) groups excluding carboxylic acids is 1. The molecule has 1 aromatic carbocycles. The van der Waals surface area contributed by atoms with Crippen LogP contribution >= 0.6 is 0 Å². The van der Waals surface area contributed by atoms with Gasteiger partial charge in [0, 0.05) is 24.4 Å². The van der Waals surface area contributed by atoms with Gasteiger partial charge in [-0.25, -0.2) is 0 Å². The van der Waals surface area contributed by atoms with E-state index in [0.29, 0.717) is 31.2 Å². The number of aliphatic hydroxyl groups is 2. The largest absolute Gasteiger partial charge is 0.493 e. The average Bonchev–Trinajstić information content (AvgIpc) is 3.41. The number of amides is 1. The first-order chi connectivity index (χ1) is 12.9. The Bertz CT molecular complexity index is 673. The maximum absolute atomic E-state index is 12.0. The molecule has 150 valence electrons. The first-order valence-corrected chi connectivity index (χ1v) is 9.76. The first-order valence-electron chi connectivity index (χ1n) is 9.76. The highest BCUT2D eigenvalue weighted by Gasteiger charge is 2.48. The van der Waals surface area contributed by atoms with E-state index in [1.807, 2.05) is 25.1 Å². The fraction of sp³-hybridized carbons (Fsp3) is 0.667. The van der Waals surface area contributed by atoms with E-state index in [1.165, 1.54) is 12.8 Å². The highest BCUT2D eigenvalue weighted by Crippen LogP contribution is 2.46. The summed E-state index contributed by atoms with van der Waals surface area (Å²) in [6.45, 7) is 4.79. The quantitative estimate of drug-likeness (QED) is 0.726. The van der Waals surface area contributed by atoms with Gasteiger partial charge in [0.25, 0.3) is 0 Å². The molecule has 1 amide bonds. The van der Waals surface area contributed by atoms with E-state index in [9.17, 15) is 15.0 Å². The van der Waals surface area contributed by atoms with E-state index in [-0.39, 0.29) is 11.8 Å². The van der Waals surface area contributed by atoms with Crippen LogP contribution in [-0.4, -0.2) is 60.5 Å². The Hall–Kier alpha value is -1.79. The molecule has 6 heteroatoms. The highest BCUT2D eigenvalue weighted by molar-refractivity contribution is 5.77. The standard InChI is InChI=1S/C21H31NO5/c1-14(24)21(2)13-22(20(25)12-23)11-17(21)16-6-7-18(26-3)19(10-16)27-9-8-15-4-5-15/h6-7,10,14-15,17,23-24H,4-5,8-9,11-13H2,1-3H3/t14-,17?,21-/m1/s1. The molecule has 2 fully saturated rings. The molecule has 1 aliphatic heterocycles. The maximum Gasteiger partial charge on any atom is 0.248 e. The van der Waals surface area contributed by atoms with Crippen molar-refractivity contribution >= 4 is 5.91 Å². The molecule has 1 heterocycles. The van der Waals surface area contributed by atoms with Gasteiger partial charge in [-0.2, -0.15) is 0 Å². The molecule has 2 aliphatic rings. The van der Waals surface area contributed by atoms with Crippen molar-refractivity contribution in [3.05, 3.63) is 23.8 Å². The van der Waals surface area contributed by atoms with Crippen LogP contribution in [0.1, 0.15) is 44.6 Å². The van der Waals surface area contributed by atoms with Crippen LogP contribution in [0.25, 0.3) is 0 Å². The summed E-state index contributed by atoms with van der Waals surface area (Å²) in [7, 11) is 1.62. The molecule has 0 radical (unpaired) electrons. The fourth-order valence-electron chi connectivity index (χ4n) is 3.98. The number of carbonyl (C=O) groups is 1. The third-order valence-corrected chi connectivity index (χ3v) is 6.24. The van der Waals surface area contributed by atoms with Crippen LogP contribution in [0.15, 0.2) is 18.2 Å². The molecule has 6 nitrogen and oxygen atoms in total. The second-order valence-electron chi connectivity index (χ2n) is 8.16. The summed E-state index contributed by atoms with van der Waals surface area (Å²) in [5, 5.41) is 19.7. The van der Waals surface area contributed by atoms with Crippen LogP contribution in [0.3, 0.4) is 0 Å². The molecule has 0 bridgehead atoms. The van der Waals surface area contributed by atoms with Gasteiger partial charge < -0.3 is 24.6 Å². The topological polar surface area (TPSA) is 79.2 Å². The lowest BCUT2D eigenvalue weighted by atomic mass is 9.72. The van der Waals surface area contributed by atoms with Crippen molar-refractivity contribution < 1.29 is 24.5 Å². The van der Waals surface area contributed by atoms with Gasteiger partial charge in [0.15, 0.2) is 11.5 Å². The summed E-state index contributed by atoms with van der Waals surface area (Å²) in [6.07, 6.45) is 3.05. The van der Waals surface area contributed by atoms with Gasteiger partial charge in [-0.3, -0.25) is 4.79 Å². The van der Waals surface area contributed by atoms with Gasteiger partial charge in [0.1, 0.15) is 6.61 Å². The minimum absolute atomic E-state index is 0.0512. The normalized spacial score (nSPS) is 26.1. The van der Waals surface area contributed by atoms with Crippen LogP contribution in [-0.2, 0) is 4.79 Å². The van der Waals surface area contributed by atoms with E-state index >= 15 is 0 Å².